The molecule has 1 aliphatic rings. The van der Waals surface area contributed by atoms with E-state index in [-0.39, 0.29) is 5.91 Å². The molecular formula is C14H20N2OS. The van der Waals surface area contributed by atoms with Gasteiger partial charge in [-0.15, -0.1) is 0 Å². The summed E-state index contributed by atoms with van der Waals surface area (Å²) in [4.78, 5) is 11.6. The molecule has 1 heterocycles. The molecule has 0 unspecified atom stereocenters. The second-order valence-corrected chi connectivity index (χ2v) is 5.64. The lowest BCUT2D eigenvalue weighted by atomic mass is 10.1. The fourth-order valence-corrected chi connectivity index (χ4v) is 2.74. The van der Waals surface area contributed by atoms with Gasteiger partial charge in [-0.3, -0.25) is 4.79 Å². The zero-order valence-corrected chi connectivity index (χ0v) is 11.6. The molecule has 1 aromatic carbocycles. The van der Waals surface area contributed by atoms with Crippen LogP contribution in [-0.4, -0.2) is 17.4 Å². The lowest BCUT2D eigenvalue weighted by Gasteiger charge is -2.07. The van der Waals surface area contributed by atoms with Gasteiger partial charge in [-0.05, 0) is 28.9 Å². The molecule has 2 rings (SSSR count). The molecule has 0 aromatic heterocycles. The van der Waals surface area contributed by atoms with Gasteiger partial charge in [0.2, 0.25) is 5.91 Å². The Balaban J connectivity index is 1.78. The topological polar surface area (TPSA) is 41.1 Å². The lowest BCUT2D eigenvalue weighted by Crippen LogP contribution is -2.24. The zero-order valence-electron chi connectivity index (χ0n) is 10.8. The van der Waals surface area contributed by atoms with Crippen LogP contribution in [0, 0.1) is 0 Å². The van der Waals surface area contributed by atoms with E-state index < -0.39 is 0 Å². The highest BCUT2D eigenvalue weighted by Crippen LogP contribution is 2.16. The summed E-state index contributed by atoms with van der Waals surface area (Å²) in [6.07, 6.45) is 1.12. The Kier molecular flexibility index (Phi) is 5.08. The highest BCUT2D eigenvalue weighted by molar-refractivity contribution is 7.99. The van der Waals surface area contributed by atoms with E-state index >= 15 is 0 Å². The van der Waals surface area contributed by atoms with Gasteiger partial charge in [-0.2, -0.15) is 11.8 Å². The summed E-state index contributed by atoms with van der Waals surface area (Å²) in [5.41, 5.74) is 3.93. The van der Waals surface area contributed by atoms with Crippen molar-refractivity contribution in [2.45, 2.75) is 33.0 Å². The van der Waals surface area contributed by atoms with Gasteiger partial charge in [0.1, 0.15) is 0 Å². The Morgan fingerprint density at radius 1 is 1.39 bits per heavy atom. The Morgan fingerprint density at radius 3 is 3.06 bits per heavy atom. The van der Waals surface area contributed by atoms with Crippen molar-refractivity contribution >= 4 is 17.7 Å². The van der Waals surface area contributed by atoms with Crippen molar-refractivity contribution in [2.75, 3.05) is 11.5 Å². The minimum atomic E-state index is 0.132. The first kappa shape index (κ1) is 13.4. The van der Waals surface area contributed by atoms with Crippen molar-refractivity contribution < 1.29 is 4.79 Å². The van der Waals surface area contributed by atoms with Gasteiger partial charge < -0.3 is 10.6 Å². The smallest absolute Gasteiger partial charge is 0.230 e. The lowest BCUT2D eigenvalue weighted by molar-refractivity contribution is -0.118. The van der Waals surface area contributed by atoms with Crippen molar-refractivity contribution in [3.63, 3.8) is 0 Å². The largest absolute Gasteiger partial charge is 0.351 e. The quantitative estimate of drug-likeness (QED) is 0.773. The van der Waals surface area contributed by atoms with Crippen LogP contribution in [0.3, 0.4) is 0 Å². The molecule has 0 fully saturated rings. The third kappa shape index (κ3) is 3.75. The summed E-state index contributed by atoms with van der Waals surface area (Å²) in [6.45, 7) is 4.68. The SMILES string of the molecule is CCCSCC(=O)NCc1ccc2c(c1)CNC2. The Labute approximate surface area is 113 Å². The standard InChI is InChI=1S/C14H20N2OS/c1-2-5-18-10-14(17)16-7-11-3-4-12-8-15-9-13(12)6-11/h3-4,6,15H,2,5,7-10H2,1H3,(H,16,17). The maximum Gasteiger partial charge on any atom is 0.230 e. The second kappa shape index (κ2) is 6.81. The van der Waals surface area contributed by atoms with E-state index in [1.807, 2.05) is 0 Å². The minimum absolute atomic E-state index is 0.132. The number of amides is 1. The molecule has 0 aliphatic carbocycles. The summed E-state index contributed by atoms with van der Waals surface area (Å²) >= 11 is 1.69. The summed E-state index contributed by atoms with van der Waals surface area (Å²) in [5, 5.41) is 6.29. The summed E-state index contributed by atoms with van der Waals surface area (Å²) in [6, 6.07) is 6.45. The van der Waals surface area contributed by atoms with Gasteiger partial charge in [0.15, 0.2) is 0 Å². The Morgan fingerprint density at radius 2 is 2.22 bits per heavy atom. The van der Waals surface area contributed by atoms with Crippen molar-refractivity contribution in [1.82, 2.24) is 10.6 Å². The molecule has 98 valence electrons. The average Bonchev–Trinajstić information content (AvgIpc) is 2.84. The van der Waals surface area contributed by atoms with Crippen molar-refractivity contribution in [1.29, 1.82) is 0 Å². The van der Waals surface area contributed by atoms with Gasteiger partial charge >= 0.3 is 0 Å². The fraction of sp³-hybridized carbons (Fsp3) is 0.500. The maximum absolute atomic E-state index is 11.6. The van der Waals surface area contributed by atoms with Crippen LogP contribution in [0.5, 0.6) is 0 Å². The summed E-state index contributed by atoms with van der Waals surface area (Å²) in [7, 11) is 0. The summed E-state index contributed by atoms with van der Waals surface area (Å²) < 4.78 is 0. The minimum Gasteiger partial charge on any atom is -0.351 e. The number of fused-ring (bicyclic) bond motifs is 1. The molecule has 1 aromatic rings. The van der Waals surface area contributed by atoms with Crippen LogP contribution >= 0.6 is 11.8 Å². The van der Waals surface area contributed by atoms with E-state index in [4.69, 9.17) is 0 Å². The Bertz CT molecular complexity index is 420. The third-order valence-electron chi connectivity index (χ3n) is 2.97. The predicted molar refractivity (Wildman–Crippen MR) is 76.4 cm³/mol. The number of hydrogen-bond acceptors (Lipinski definition) is 3. The van der Waals surface area contributed by atoms with Crippen LogP contribution in [-0.2, 0) is 24.4 Å². The number of nitrogens with one attached hydrogen (secondary N) is 2. The van der Waals surface area contributed by atoms with Gasteiger partial charge in [0.25, 0.3) is 0 Å². The van der Waals surface area contributed by atoms with Gasteiger partial charge in [-0.1, -0.05) is 25.1 Å². The van der Waals surface area contributed by atoms with E-state index in [0.29, 0.717) is 12.3 Å². The number of carbonyl (C=O) groups is 1. The molecule has 1 amide bonds. The van der Waals surface area contributed by atoms with E-state index in [9.17, 15) is 4.79 Å². The van der Waals surface area contributed by atoms with Crippen LogP contribution in [0.25, 0.3) is 0 Å². The molecular weight excluding hydrogens is 244 g/mol. The Hall–Kier alpha value is -1.00. The predicted octanol–water partition coefficient (Wildman–Crippen LogP) is 2.05. The van der Waals surface area contributed by atoms with Gasteiger partial charge in [0.05, 0.1) is 5.75 Å². The molecule has 0 saturated heterocycles. The molecule has 18 heavy (non-hydrogen) atoms. The number of carbonyl (C=O) groups excluding carboxylic acids is 1. The zero-order chi connectivity index (χ0) is 12.8. The monoisotopic (exact) mass is 264 g/mol. The number of rotatable bonds is 6. The first-order valence-corrected chi connectivity index (χ1v) is 7.61. The van der Waals surface area contributed by atoms with E-state index in [0.717, 1.165) is 25.3 Å². The van der Waals surface area contributed by atoms with Gasteiger partial charge in [0, 0.05) is 19.6 Å². The van der Waals surface area contributed by atoms with Crippen LogP contribution in [0.4, 0.5) is 0 Å². The molecule has 0 bridgehead atoms. The van der Waals surface area contributed by atoms with Crippen LogP contribution in [0.15, 0.2) is 18.2 Å². The normalized spacial score (nSPS) is 13.4. The van der Waals surface area contributed by atoms with Crippen molar-refractivity contribution in [3.8, 4) is 0 Å². The molecule has 0 atom stereocenters. The first-order chi connectivity index (χ1) is 8.79. The molecule has 0 spiro atoms. The number of hydrogen-bond donors (Lipinski definition) is 2. The fourth-order valence-electron chi connectivity index (χ4n) is 2.02. The van der Waals surface area contributed by atoms with E-state index in [1.165, 1.54) is 16.7 Å². The second-order valence-electron chi connectivity index (χ2n) is 4.54. The molecule has 1 aliphatic heterocycles. The van der Waals surface area contributed by atoms with Crippen LogP contribution in [0.1, 0.15) is 30.0 Å². The molecule has 2 N–H and O–H groups in total. The first-order valence-electron chi connectivity index (χ1n) is 6.45. The maximum atomic E-state index is 11.6. The number of thioether (sulfide) groups is 1. The summed E-state index contributed by atoms with van der Waals surface area (Å²) in [5.74, 6) is 1.75. The van der Waals surface area contributed by atoms with Crippen LogP contribution in [0.2, 0.25) is 0 Å². The van der Waals surface area contributed by atoms with Crippen molar-refractivity contribution in [3.05, 3.63) is 34.9 Å². The third-order valence-corrected chi connectivity index (χ3v) is 4.14. The molecule has 0 radical (unpaired) electrons. The van der Waals surface area contributed by atoms with Crippen molar-refractivity contribution in [2.24, 2.45) is 0 Å². The average molecular weight is 264 g/mol. The number of benzene rings is 1. The van der Waals surface area contributed by atoms with E-state index in [2.05, 4.69) is 35.8 Å². The van der Waals surface area contributed by atoms with Gasteiger partial charge in [-0.25, -0.2) is 0 Å². The molecule has 4 heteroatoms. The molecule has 0 saturated carbocycles. The highest BCUT2D eigenvalue weighted by atomic mass is 32.2. The van der Waals surface area contributed by atoms with E-state index in [1.54, 1.807) is 11.8 Å². The molecule has 3 nitrogen and oxygen atoms in total. The van der Waals surface area contributed by atoms with Crippen LogP contribution < -0.4 is 10.6 Å². The highest BCUT2D eigenvalue weighted by Gasteiger charge is 2.10.